The fourth-order valence-corrected chi connectivity index (χ4v) is 7.51. The minimum atomic E-state index is 0.108. The summed E-state index contributed by atoms with van der Waals surface area (Å²) in [7, 11) is 0. The van der Waals surface area contributed by atoms with Crippen LogP contribution in [0.25, 0.3) is 60.8 Å². The Balaban J connectivity index is 1.20. The molecule has 1 fully saturated rings. The van der Waals surface area contributed by atoms with Gasteiger partial charge in [0, 0.05) is 34.5 Å². The number of aromatic hydroxyl groups is 1. The third-order valence-corrected chi connectivity index (χ3v) is 9.78. The topological polar surface area (TPSA) is 60.2 Å². The standard InChI is InChI=1S/C43H33N3O2/c47-39-22-21-33(29-13-3-1-4-14-29)42-36(30-15-5-2-6-16-30)27-41(45-43(39)42)48-32-19-20-35-34-17-9-10-18-37(34)46(38(35)26-32)40-25-31(23-24-44-40)28-11-7-8-12-28/h1-6,9-10,13-28,47H,7-8,11-12H2. The Morgan fingerprint density at radius 3 is 2.15 bits per heavy atom. The molecule has 9 rings (SSSR count). The molecule has 5 heteroatoms. The molecule has 0 amide bonds. The van der Waals surface area contributed by atoms with Gasteiger partial charge in [-0.1, -0.05) is 91.7 Å². The van der Waals surface area contributed by atoms with Gasteiger partial charge in [-0.25, -0.2) is 9.97 Å². The summed E-state index contributed by atoms with van der Waals surface area (Å²) < 4.78 is 8.84. The zero-order valence-corrected chi connectivity index (χ0v) is 26.4. The SMILES string of the molecule is Oc1ccc(-c2ccccc2)c2c(-c3ccccc3)cc(Oc3ccc4c5ccccc5n(-c5cc(C6CCCC6)ccn5)c4c3)nc12. The van der Waals surface area contributed by atoms with Crippen LogP contribution in [0.5, 0.6) is 17.4 Å². The first kappa shape index (κ1) is 28.3. The lowest BCUT2D eigenvalue weighted by molar-refractivity contribution is 0.460. The maximum Gasteiger partial charge on any atom is 0.220 e. The average molecular weight is 624 g/mol. The Kier molecular flexibility index (Phi) is 6.89. The minimum Gasteiger partial charge on any atom is -0.506 e. The maximum absolute atomic E-state index is 11.2. The number of benzene rings is 5. The highest BCUT2D eigenvalue weighted by atomic mass is 16.5. The number of phenolic OH excluding ortho intramolecular Hbond substituents is 1. The van der Waals surface area contributed by atoms with E-state index >= 15 is 0 Å². The molecule has 0 saturated heterocycles. The van der Waals surface area contributed by atoms with Crippen LogP contribution in [-0.2, 0) is 0 Å². The van der Waals surface area contributed by atoms with E-state index in [4.69, 9.17) is 14.7 Å². The van der Waals surface area contributed by atoms with Crippen molar-refractivity contribution in [1.29, 1.82) is 0 Å². The number of ether oxygens (including phenoxy) is 1. The Bertz CT molecular complexity index is 2450. The number of nitrogens with zero attached hydrogens (tertiary/aromatic N) is 3. The van der Waals surface area contributed by atoms with Crippen LogP contribution in [0.2, 0.25) is 0 Å². The Labute approximate surface area is 278 Å². The van der Waals surface area contributed by atoms with E-state index in [1.54, 1.807) is 6.07 Å². The largest absolute Gasteiger partial charge is 0.506 e. The van der Waals surface area contributed by atoms with Crippen molar-refractivity contribution in [2.45, 2.75) is 31.6 Å². The van der Waals surface area contributed by atoms with E-state index in [0.717, 1.165) is 49.9 Å². The van der Waals surface area contributed by atoms with Gasteiger partial charge in [-0.05, 0) is 89.0 Å². The summed E-state index contributed by atoms with van der Waals surface area (Å²) in [6, 6.07) is 45.2. The first-order chi connectivity index (χ1) is 23.7. The van der Waals surface area contributed by atoms with Gasteiger partial charge in [-0.3, -0.25) is 4.57 Å². The molecule has 0 spiro atoms. The first-order valence-corrected chi connectivity index (χ1v) is 16.7. The molecule has 3 aromatic heterocycles. The van der Waals surface area contributed by atoms with Crippen LogP contribution >= 0.6 is 0 Å². The average Bonchev–Trinajstić information content (AvgIpc) is 3.80. The number of hydrogen-bond donors (Lipinski definition) is 1. The molecule has 0 unspecified atom stereocenters. The molecule has 48 heavy (non-hydrogen) atoms. The molecule has 1 aliphatic carbocycles. The van der Waals surface area contributed by atoms with Crippen LogP contribution in [0.3, 0.4) is 0 Å². The van der Waals surface area contributed by atoms with Gasteiger partial charge in [0.1, 0.15) is 22.8 Å². The molecule has 3 heterocycles. The van der Waals surface area contributed by atoms with Crippen molar-refractivity contribution >= 4 is 32.7 Å². The van der Waals surface area contributed by atoms with Crippen molar-refractivity contribution in [2.75, 3.05) is 0 Å². The number of fused-ring (bicyclic) bond motifs is 4. The van der Waals surface area contributed by atoms with Gasteiger partial charge in [-0.2, -0.15) is 0 Å². The molecule has 1 N–H and O–H groups in total. The van der Waals surface area contributed by atoms with Crippen molar-refractivity contribution in [3.05, 3.63) is 145 Å². The highest BCUT2D eigenvalue weighted by Crippen LogP contribution is 2.42. The summed E-state index contributed by atoms with van der Waals surface area (Å²) in [4.78, 5) is 9.78. The van der Waals surface area contributed by atoms with Crippen molar-refractivity contribution < 1.29 is 9.84 Å². The van der Waals surface area contributed by atoms with Gasteiger partial charge >= 0.3 is 0 Å². The van der Waals surface area contributed by atoms with Gasteiger partial charge in [-0.15, -0.1) is 0 Å². The Morgan fingerprint density at radius 1 is 0.646 bits per heavy atom. The predicted octanol–water partition coefficient (Wildman–Crippen LogP) is 11.2. The molecule has 5 aromatic carbocycles. The van der Waals surface area contributed by atoms with E-state index in [0.29, 0.717) is 23.1 Å². The van der Waals surface area contributed by atoms with Gasteiger partial charge in [0.25, 0.3) is 0 Å². The highest BCUT2D eigenvalue weighted by molar-refractivity contribution is 6.10. The fourth-order valence-electron chi connectivity index (χ4n) is 7.51. The van der Waals surface area contributed by atoms with Gasteiger partial charge < -0.3 is 9.84 Å². The predicted molar refractivity (Wildman–Crippen MR) is 194 cm³/mol. The van der Waals surface area contributed by atoms with Crippen molar-refractivity contribution in [3.8, 4) is 45.5 Å². The van der Waals surface area contributed by atoms with Gasteiger partial charge in [0.15, 0.2) is 0 Å². The fraction of sp³-hybridized carbons (Fsp3) is 0.116. The third kappa shape index (κ3) is 4.87. The van der Waals surface area contributed by atoms with Crippen LogP contribution in [0, 0.1) is 0 Å². The number of rotatable bonds is 6. The quantitative estimate of drug-likeness (QED) is 0.200. The summed E-state index contributed by atoms with van der Waals surface area (Å²) in [5, 5.41) is 14.3. The number of aromatic nitrogens is 3. The molecule has 8 aromatic rings. The van der Waals surface area contributed by atoms with Crippen molar-refractivity contribution in [2.24, 2.45) is 0 Å². The summed E-state index contributed by atoms with van der Waals surface area (Å²) >= 11 is 0. The van der Waals surface area contributed by atoms with Crippen LogP contribution in [0.1, 0.15) is 37.2 Å². The molecule has 0 radical (unpaired) electrons. The first-order valence-electron chi connectivity index (χ1n) is 16.7. The van der Waals surface area contributed by atoms with Crippen LogP contribution in [-0.4, -0.2) is 19.6 Å². The molecule has 1 saturated carbocycles. The zero-order chi connectivity index (χ0) is 32.0. The van der Waals surface area contributed by atoms with E-state index in [1.807, 2.05) is 60.8 Å². The van der Waals surface area contributed by atoms with E-state index in [-0.39, 0.29) is 5.75 Å². The number of phenols is 1. The lowest BCUT2D eigenvalue weighted by atomic mass is 9.93. The monoisotopic (exact) mass is 623 g/mol. The van der Waals surface area contributed by atoms with Crippen LogP contribution in [0.4, 0.5) is 0 Å². The molecular weight excluding hydrogens is 590 g/mol. The molecule has 0 atom stereocenters. The van der Waals surface area contributed by atoms with Crippen LogP contribution < -0.4 is 4.74 Å². The second-order valence-corrected chi connectivity index (χ2v) is 12.7. The maximum atomic E-state index is 11.2. The number of hydrogen-bond acceptors (Lipinski definition) is 4. The summed E-state index contributed by atoms with van der Waals surface area (Å²) in [5.41, 5.74) is 7.99. The smallest absolute Gasteiger partial charge is 0.220 e. The lowest BCUT2D eigenvalue weighted by Gasteiger charge is -2.16. The summed E-state index contributed by atoms with van der Waals surface area (Å²) in [5.74, 6) is 2.68. The molecule has 232 valence electrons. The van der Waals surface area contributed by atoms with Crippen molar-refractivity contribution in [1.82, 2.24) is 14.5 Å². The van der Waals surface area contributed by atoms with E-state index in [9.17, 15) is 5.11 Å². The Morgan fingerprint density at radius 2 is 1.35 bits per heavy atom. The van der Waals surface area contributed by atoms with E-state index < -0.39 is 0 Å². The summed E-state index contributed by atoms with van der Waals surface area (Å²) in [6.07, 6.45) is 7.00. The molecule has 1 aliphatic rings. The van der Waals surface area contributed by atoms with Crippen molar-refractivity contribution in [3.63, 3.8) is 0 Å². The summed E-state index contributed by atoms with van der Waals surface area (Å²) in [6.45, 7) is 0. The van der Waals surface area contributed by atoms with E-state index in [1.165, 1.54) is 36.6 Å². The normalized spacial score (nSPS) is 13.5. The lowest BCUT2D eigenvalue weighted by Crippen LogP contribution is -2.01. The van der Waals surface area contributed by atoms with Crippen LogP contribution in [0.15, 0.2) is 140 Å². The molecular formula is C43H33N3O2. The number of para-hydroxylation sites is 1. The Hall–Kier alpha value is -5.94. The highest BCUT2D eigenvalue weighted by Gasteiger charge is 2.21. The van der Waals surface area contributed by atoms with E-state index in [2.05, 4.69) is 77.4 Å². The number of pyridine rings is 2. The molecule has 0 bridgehead atoms. The zero-order valence-electron chi connectivity index (χ0n) is 26.4. The minimum absolute atomic E-state index is 0.108. The van der Waals surface area contributed by atoms with Gasteiger partial charge in [0.2, 0.25) is 5.88 Å². The third-order valence-electron chi connectivity index (χ3n) is 9.78. The molecule has 0 aliphatic heterocycles. The second-order valence-electron chi connectivity index (χ2n) is 12.7. The van der Waals surface area contributed by atoms with Gasteiger partial charge in [0.05, 0.1) is 11.0 Å². The molecule has 5 nitrogen and oxygen atoms in total. The second kappa shape index (κ2) is 11.7.